The van der Waals surface area contributed by atoms with Crippen molar-refractivity contribution in [1.29, 1.82) is 0 Å². The van der Waals surface area contributed by atoms with Crippen LogP contribution < -0.4 is 9.47 Å². The minimum Gasteiger partial charge on any atom is -0.458 e. The smallest absolute Gasteiger partial charge is 0.230 e. The van der Waals surface area contributed by atoms with Crippen molar-refractivity contribution in [1.82, 2.24) is 0 Å². The molecule has 0 aromatic heterocycles. The van der Waals surface area contributed by atoms with Crippen LogP contribution in [0.25, 0.3) is 0 Å². The fraction of sp³-hybridized carbons (Fsp3) is 0.0769. The first-order valence-electron chi connectivity index (χ1n) is 5.01. The van der Waals surface area contributed by atoms with Gasteiger partial charge in [0.25, 0.3) is 0 Å². The predicted molar refractivity (Wildman–Crippen MR) is 74.4 cm³/mol. The van der Waals surface area contributed by atoms with Crippen LogP contribution in [0.5, 0.6) is 11.5 Å². The van der Waals surface area contributed by atoms with Crippen molar-refractivity contribution in [3.05, 3.63) is 57.5 Å². The van der Waals surface area contributed by atoms with Crippen LogP contribution in [0.3, 0.4) is 0 Å². The van der Waals surface area contributed by atoms with Gasteiger partial charge >= 0.3 is 0 Å². The van der Waals surface area contributed by atoms with Crippen molar-refractivity contribution in [2.75, 3.05) is 6.79 Å². The SMILES string of the molecule is Brc1ccc(OCOc2ccc(Br)cc2)cc1. The fourth-order valence-corrected chi connectivity index (χ4v) is 1.76. The summed E-state index contributed by atoms with van der Waals surface area (Å²) in [5.41, 5.74) is 0. The Labute approximate surface area is 117 Å². The van der Waals surface area contributed by atoms with Gasteiger partial charge in [-0.15, -0.1) is 0 Å². The average molecular weight is 358 g/mol. The van der Waals surface area contributed by atoms with Gasteiger partial charge in [0.15, 0.2) is 0 Å². The fourth-order valence-electron chi connectivity index (χ4n) is 1.23. The van der Waals surface area contributed by atoms with Gasteiger partial charge < -0.3 is 9.47 Å². The van der Waals surface area contributed by atoms with Gasteiger partial charge in [0.1, 0.15) is 11.5 Å². The zero-order chi connectivity index (χ0) is 12.1. The molecule has 0 aliphatic rings. The monoisotopic (exact) mass is 356 g/mol. The quantitative estimate of drug-likeness (QED) is 0.743. The average Bonchev–Trinajstić information content (AvgIpc) is 2.34. The second kappa shape index (κ2) is 6.07. The van der Waals surface area contributed by atoms with E-state index < -0.39 is 0 Å². The van der Waals surface area contributed by atoms with E-state index in [1.807, 2.05) is 48.5 Å². The highest BCUT2D eigenvalue weighted by molar-refractivity contribution is 9.10. The number of halogens is 2. The van der Waals surface area contributed by atoms with E-state index in [0.717, 1.165) is 20.4 Å². The van der Waals surface area contributed by atoms with Crippen molar-refractivity contribution < 1.29 is 9.47 Å². The van der Waals surface area contributed by atoms with Crippen molar-refractivity contribution in [2.45, 2.75) is 0 Å². The van der Waals surface area contributed by atoms with Gasteiger partial charge in [-0.1, -0.05) is 31.9 Å². The Bertz CT molecular complexity index is 420. The highest BCUT2D eigenvalue weighted by Gasteiger charge is 1.95. The topological polar surface area (TPSA) is 18.5 Å². The summed E-state index contributed by atoms with van der Waals surface area (Å²) in [6.45, 7) is 0.198. The van der Waals surface area contributed by atoms with Crippen molar-refractivity contribution in [3.8, 4) is 11.5 Å². The molecule has 0 amide bonds. The van der Waals surface area contributed by atoms with Gasteiger partial charge in [-0.05, 0) is 48.5 Å². The van der Waals surface area contributed by atoms with E-state index in [2.05, 4.69) is 31.9 Å². The van der Waals surface area contributed by atoms with E-state index in [1.54, 1.807) is 0 Å². The van der Waals surface area contributed by atoms with E-state index >= 15 is 0 Å². The Kier molecular flexibility index (Phi) is 4.45. The summed E-state index contributed by atoms with van der Waals surface area (Å²) >= 11 is 6.73. The number of ether oxygens (including phenoxy) is 2. The zero-order valence-electron chi connectivity index (χ0n) is 8.90. The van der Waals surface area contributed by atoms with Crippen LogP contribution in [0.4, 0.5) is 0 Å². The molecule has 0 atom stereocenters. The Balaban J connectivity index is 1.83. The molecule has 0 unspecified atom stereocenters. The van der Waals surface area contributed by atoms with Crippen LogP contribution in [0.15, 0.2) is 57.5 Å². The Morgan fingerprint density at radius 3 is 1.35 bits per heavy atom. The molecule has 17 heavy (non-hydrogen) atoms. The molecule has 0 bridgehead atoms. The molecule has 0 aliphatic heterocycles. The summed E-state index contributed by atoms with van der Waals surface area (Å²) in [7, 11) is 0. The Morgan fingerprint density at radius 2 is 1.00 bits per heavy atom. The van der Waals surface area contributed by atoms with Crippen LogP contribution >= 0.6 is 31.9 Å². The second-order valence-corrected chi connectivity index (χ2v) is 5.15. The number of rotatable bonds is 4. The third kappa shape index (κ3) is 4.06. The lowest BCUT2D eigenvalue weighted by atomic mass is 10.3. The molecular formula is C13H10Br2O2. The first-order valence-corrected chi connectivity index (χ1v) is 6.59. The van der Waals surface area contributed by atoms with E-state index in [-0.39, 0.29) is 6.79 Å². The van der Waals surface area contributed by atoms with Crippen LogP contribution in [-0.2, 0) is 0 Å². The summed E-state index contributed by atoms with van der Waals surface area (Å²) in [6.07, 6.45) is 0. The molecule has 4 heteroatoms. The van der Waals surface area contributed by atoms with E-state index in [0.29, 0.717) is 0 Å². The summed E-state index contributed by atoms with van der Waals surface area (Å²) in [5, 5.41) is 0. The lowest BCUT2D eigenvalue weighted by Gasteiger charge is -2.08. The van der Waals surface area contributed by atoms with Gasteiger partial charge in [0, 0.05) is 8.95 Å². The summed E-state index contributed by atoms with van der Waals surface area (Å²) < 4.78 is 12.9. The van der Waals surface area contributed by atoms with Gasteiger partial charge in [0.05, 0.1) is 0 Å². The Hall–Kier alpha value is -1.00. The minimum absolute atomic E-state index is 0.198. The first-order chi connectivity index (χ1) is 8.24. The lowest BCUT2D eigenvalue weighted by molar-refractivity contribution is 0.120. The molecule has 0 spiro atoms. The number of benzene rings is 2. The normalized spacial score (nSPS) is 10.0. The molecule has 0 aliphatic carbocycles. The van der Waals surface area contributed by atoms with Crippen LogP contribution in [0.2, 0.25) is 0 Å². The van der Waals surface area contributed by atoms with Crippen molar-refractivity contribution in [3.63, 3.8) is 0 Å². The maximum absolute atomic E-state index is 5.44. The second-order valence-electron chi connectivity index (χ2n) is 3.31. The van der Waals surface area contributed by atoms with E-state index in [4.69, 9.17) is 9.47 Å². The first kappa shape index (κ1) is 12.5. The largest absolute Gasteiger partial charge is 0.458 e. The lowest BCUT2D eigenvalue weighted by Crippen LogP contribution is -2.05. The summed E-state index contributed by atoms with van der Waals surface area (Å²) in [6, 6.07) is 15.2. The number of hydrogen-bond donors (Lipinski definition) is 0. The summed E-state index contributed by atoms with van der Waals surface area (Å²) in [4.78, 5) is 0. The van der Waals surface area contributed by atoms with Gasteiger partial charge in [-0.3, -0.25) is 0 Å². The Morgan fingerprint density at radius 1 is 0.647 bits per heavy atom. The highest BCUT2D eigenvalue weighted by Crippen LogP contribution is 2.18. The third-order valence-corrected chi connectivity index (χ3v) is 3.14. The molecule has 2 nitrogen and oxygen atoms in total. The van der Waals surface area contributed by atoms with Gasteiger partial charge in [0.2, 0.25) is 6.79 Å². The van der Waals surface area contributed by atoms with Gasteiger partial charge in [-0.25, -0.2) is 0 Å². The molecule has 0 fully saturated rings. The van der Waals surface area contributed by atoms with Crippen LogP contribution in [-0.4, -0.2) is 6.79 Å². The molecule has 0 N–H and O–H groups in total. The van der Waals surface area contributed by atoms with Gasteiger partial charge in [-0.2, -0.15) is 0 Å². The molecule has 0 radical (unpaired) electrons. The van der Waals surface area contributed by atoms with Crippen molar-refractivity contribution >= 4 is 31.9 Å². The molecule has 2 aromatic carbocycles. The van der Waals surface area contributed by atoms with Crippen molar-refractivity contribution in [2.24, 2.45) is 0 Å². The molecule has 0 saturated carbocycles. The third-order valence-electron chi connectivity index (χ3n) is 2.08. The van der Waals surface area contributed by atoms with E-state index in [9.17, 15) is 0 Å². The molecule has 0 heterocycles. The van der Waals surface area contributed by atoms with Crippen LogP contribution in [0, 0.1) is 0 Å². The minimum atomic E-state index is 0.198. The molecule has 2 rings (SSSR count). The molecule has 2 aromatic rings. The van der Waals surface area contributed by atoms with E-state index in [1.165, 1.54) is 0 Å². The zero-order valence-corrected chi connectivity index (χ0v) is 12.1. The molecule has 88 valence electrons. The molecule has 0 saturated heterocycles. The maximum atomic E-state index is 5.44. The highest BCUT2D eigenvalue weighted by atomic mass is 79.9. The number of hydrogen-bond acceptors (Lipinski definition) is 2. The maximum Gasteiger partial charge on any atom is 0.230 e. The molecular weight excluding hydrogens is 348 g/mol. The van der Waals surface area contributed by atoms with Crippen LogP contribution in [0.1, 0.15) is 0 Å². The predicted octanol–water partition coefficient (Wildman–Crippen LogP) is 4.63. The summed E-state index contributed by atoms with van der Waals surface area (Å²) in [5.74, 6) is 1.57. The standard InChI is InChI=1S/C13H10Br2O2/c14-10-1-5-12(6-2-10)16-9-17-13-7-3-11(15)4-8-13/h1-8H,9H2.